The van der Waals surface area contributed by atoms with E-state index in [4.69, 9.17) is 21.1 Å². The molecule has 0 aliphatic heterocycles. The molecule has 0 aliphatic carbocycles. The molecule has 2 aromatic rings. The Bertz CT molecular complexity index is 652. The molecule has 21 heavy (non-hydrogen) atoms. The molecule has 0 saturated heterocycles. The van der Waals surface area contributed by atoms with Gasteiger partial charge in [-0.2, -0.15) is 0 Å². The number of benzene rings is 1. The highest BCUT2D eigenvalue weighted by Gasteiger charge is 2.11. The van der Waals surface area contributed by atoms with Gasteiger partial charge in [0.1, 0.15) is 27.7 Å². The molecule has 0 atom stereocenters. The van der Waals surface area contributed by atoms with Crippen LogP contribution in [0, 0.1) is 0 Å². The number of hydrogen-bond donors (Lipinski definition) is 1. The number of hydrogen-bond acceptors (Lipinski definition) is 5. The Morgan fingerprint density at radius 1 is 1.14 bits per heavy atom. The third-order valence-corrected chi connectivity index (χ3v) is 3.50. The van der Waals surface area contributed by atoms with Crippen molar-refractivity contribution in [3.63, 3.8) is 0 Å². The van der Waals surface area contributed by atoms with Gasteiger partial charge in [-0.3, -0.25) is 0 Å². The fourth-order valence-corrected chi connectivity index (χ4v) is 2.44. The Morgan fingerprint density at radius 2 is 1.86 bits per heavy atom. The SMILES string of the molecule is CCc1nc(Br)cc(Nc2cc(Cl)c(OC)cc2OC)n1. The second-order valence-electron chi connectivity index (χ2n) is 4.16. The summed E-state index contributed by atoms with van der Waals surface area (Å²) in [4.78, 5) is 8.68. The van der Waals surface area contributed by atoms with E-state index in [1.54, 1.807) is 32.4 Å². The average molecular weight is 373 g/mol. The maximum atomic E-state index is 6.15. The molecule has 0 bridgehead atoms. The zero-order chi connectivity index (χ0) is 15.4. The van der Waals surface area contributed by atoms with Crippen molar-refractivity contribution in [1.82, 2.24) is 9.97 Å². The predicted octanol–water partition coefficient (Wildman–Crippen LogP) is 4.22. The van der Waals surface area contributed by atoms with E-state index in [2.05, 4.69) is 31.2 Å². The van der Waals surface area contributed by atoms with Crippen molar-refractivity contribution in [3.8, 4) is 11.5 Å². The van der Waals surface area contributed by atoms with E-state index < -0.39 is 0 Å². The largest absolute Gasteiger partial charge is 0.495 e. The lowest BCUT2D eigenvalue weighted by molar-refractivity contribution is 0.396. The van der Waals surface area contributed by atoms with Crippen molar-refractivity contribution >= 4 is 39.0 Å². The van der Waals surface area contributed by atoms with Gasteiger partial charge < -0.3 is 14.8 Å². The number of aryl methyl sites for hydroxylation is 1. The molecule has 1 aromatic heterocycles. The zero-order valence-electron chi connectivity index (χ0n) is 11.9. The van der Waals surface area contributed by atoms with E-state index >= 15 is 0 Å². The summed E-state index contributed by atoms with van der Waals surface area (Å²) in [6.07, 6.45) is 0.745. The topological polar surface area (TPSA) is 56.3 Å². The van der Waals surface area contributed by atoms with E-state index in [0.717, 1.165) is 16.8 Å². The minimum Gasteiger partial charge on any atom is -0.495 e. The molecule has 5 nitrogen and oxygen atoms in total. The standard InChI is InChI=1S/C14H15BrClN3O2/c1-4-13-18-12(15)7-14(19-13)17-9-5-8(16)10(20-2)6-11(9)21-3/h5-7H,4H2,1-3H3,(H,17,18,19). The Morgan fingerprint density at radius 3 is 2.48 bits per heavy atom. The Kier molecular flexibility index (Phi) is 5.25. The van der Waals surface area contributed by atoms with Gasteiger partial charge in [0.05, 0.1) is 24.9 Å². The fraction of sp³-hybridized carbons (Fsp3) is 0.286. The van der Waals surface area contributed by atoms with Crippen LogP contribution in [0.25, 0.3) is 0 Å². The first kappa shape index (κ1) is 15.9. The number of ether oxygens (including phenoxy) is 2. The van der Waals surface area contributed by atoms with E-state index in [9.17, 15) is 0 Å². The van der Waals surface area contributed by atoms with Crippen LogP contribution in [0.3, 0.4) is 0 Å². The Hall–Kier alpha value is -1.53. The molecule has 1 aromatic carbocycles. The first-order valence-electron chi connectivity index (χ1n) is 6.29. The smallest absolute Gasteiger partial charge is 0.146 e. The van der Waals surface area contributed by atoms with Crippen LogP contribution in [0.15, 0.2) is 22.8 Å². The molecule has 0 radical (unpaired) electrons. The summed E-state index contributed by atoms with van der Waals surface area (Å²) in [5, 5.41) is 3.68. The van der Waals surface area contributed by atoms with Crippen molar-refractivity contribution in [1.29, 1.82) is 0 Å². The summed E-state index contributed by atoms with van der Waals surface area (Å²) in [7, 11) is 3.14. The third-order valence-electron chi connectivity index (χ3n) is 2.79. The average Bonchev–Trinajstić information content (AvgIpc) is 2.47. The number of aromatic nitrogens is 2. The molecule has 0 aliphatic rings. The molecule has 0 saturated carbocycles. The predicted molar refractivity (Wildman–Crippen MR) is 86.9 cm³/mol. The molecule has 112 valence electrons. The molecule has 0 spiro atoms. The molecule has 1 N–H and O–H groups in total. The molecule has 0 amide bonds. The second kappa shape index (κ2) is 6.95. The lowest BCUT2D eigenvalue weighted by Gasteiger charge is -2.14. The van der Waals surface area contributed by atoms with Gasteiger partial charge in [0.15, 0.2) is 0 Å². The van der Waals surface area contributed by atoms with Gasteiger partial charge >= 0.3 is 0 Å². The third kappa shape index (κ3) is 3.77. The van der Waals surface area contributed by atoms with Crippen LogP contribution in [-0.4, -0.2) is 24.2 Å². The van der Waals surface area contributed by atoms with Crippen molar-refractivity contribution in [3.05, 3.63) is 33.6 Å². The molecule has 1 heterocycles. The number of anilines is 2. The minimum atomic E-state index is 0.490. The lowest BCUT2D eigenvalue weighted by Crippen LogP contribution is -2.01. The molecule has 2 rings (SSSR count). The van der Waals surface area contributed by atoms with Crippen LogP contribution < -0.4 is 14.8 Å². The van der Waals surface area contributed by atoms with Gasteiger partial charge in [-0.1, -0.05) is 18.5 Å². The van der Waals surface area contributed by atoms with E-state index in [1.165, 1.54) is 0 Å². The van der Waals surface area contributed by atoms with E-state index in [-0.39, 0.29) is 0 Å². The second-order valence-corrected chi connectivity index (χ2v) is 5.38. The monoisotopic (exact) mass is 371 g/mol. The number of nitrogens with zero attached hydrogens (tertiary/aromatic N) is 2. The van der Waals surface area contributed by atoms with Gasteiger partial charge in [-0.25, -0.2) is 9.97 Å². The number of rotatable bonds is 5. The Balaban J connectivity index is 2.39. The molecule has 7 heteroatoms. The summed E-state index contributed by atoms with van der Waals surface area (Å²) in [5.74, 6) is 2.57. The number of methoxy groups -OCH3 is 2. The van der Waals surface area contributed by atoms with Crippen molar-refractivity contribution < 1.29 is 9.47 Å². The van der Waals surface area contributed by atoms with Gasteiger partial charge in [-0.15, -0.1) is 0 Å². The van der Waals surface area contributed by atoms with Crippen molar-refractivity contribution in [2.24, 2.45) is 0 Å². The maximum absolute atomic E-state index is 6.15. The van der Waals surface area contributed by atoms with Crippen LogP contribution in [0.1, 0.15) is 12.7 Å². The normalized spacial score (nSPS) is 10.3. The maximum Gasteiger partial charge on any atom is 0.146 e. The summed E-state index contributed by atoms with van der Waals surface area (Å²) in [5.41, 5.74) is 0.705. The first-order valence-corrected chi connectivity index (χ1v) is 7.46. The number of nitrogens with one attached hydrogen (secondary N) is 1. The molecular formula is C14H15BrClN3O2. The molecule has 0 unspecified atom stereocenters. The summed E-state index contributed by atoms with van der Waals surface area (Å²) in [6, 6.07) is 5.25. The van der Waals surface area contributed by atoms with Crippen LogP contribution in [0.5, 0.6) is 11.5 Å². The van der Waals surface area contributed by atoms with Crippen LogP contribution in [0.2, 0.25) is 5.02 Å². The quantitative estimate of drug-likeness (QED) is 0.797. The lowest BCUT2D eigenvalue weighted by atomic mass is 10.2. The Labute approximate surface area is 136 Å². The van der Waals surface area contributed by atoms with Crippen LogP contribution in [0.4, 0.5) is 11.5 Å². The van der Waals surface area contributed by atoms with Crippen LogP contribution >= 0.6 is 27.5 Å². The van der Waals surface area contributed by atoms with Gasteiger partial charge in [0, 0.05) is 18.6 Å². The minimum absolute atomic E-state index is 0.490. The molecular weight excluding hydrogens is 358 g/mol. The highest BCUT2D eigenvalue weighted by molar-refractivity contribution is 9.10. The first-order chi connectivity index (χ1) is 10.1. The van der Waals surface area contributed by atoms with E-state index in [1.807, 2.05) is 6.92 Å². The van der Waals surface area contributed by atoms with Gasteiger partial charge in [-0.05, 0) is 22.0 Å². The zero-order valence-corrected chi connectivity index (χ0v) is 14.2. The summed E-state index contributed by atoms with van der Waals surface area (Å²) < 4.78 is 11.2. The van der Waals surface area contributed by atoms with Gasteiger partial charge in [0.25, 0.3) is 0 Å². The van der Waals surface area contributed by atoms with E-state index in [0.29, 0.717) is 28.0 Å². The summed E-state index contributed by atoms with van der Waals surface area (Å²) >= 11 is 9.52. The molecule has 0 fully saturated rings. The highest BCUT2D eigenvalue weighted by Crippen LogP contribution is 2.37. The van der Waals surface area contributed by atoms with Gasteiger partial charge in [0.2, 0.25) is 0 Å². The van der Waals surface area contributed by atoms with Crippen molar-refractivity contribution in [2.45, 2.75) is 13.3 Å². The van der Waals surface area contributed by atoms with Crippen molar-refractivity contribution in [2.75, 3.05) is 19.5 Å². The number of halogens is 2. The summed E-state index contributed by atoms with van der Waals surface area (Å²) in [6.45, 7) is 2.00. The highest BCUT2D eigenvalue weighted by atomic mass is 79.9. The van der Waals surface area contributed by atoms with Crippen LogP contribution in [-0.2, 0) is 6.42 Å². The fourth-order valence-electron chi connectivity index (χ4n) is 1.78.